The topological polar surface area (TPSA) is 38.7 Å². The van der Waals surface area contributed by atoms with Gasteiger partial charge in [0.1, 0.15) is 5.52 Å². The van der Waals surface area contributed by atoms with Crippen LogP contribution in [0.4, 0.5) is 0 Å². The zero-order valence-corrected chi connectivity index (χ0v) is 8.16. The second kappa shape index (κ2) is 4.07. The number of aromatic nitrogens is 3. The second-order valence-electron chi connectivity index (χ2n) is 2.58. The van der Waals surface area contributed by atoms with E-state index in [1.165, 1.54) is 11.8 Å². The van der Waals surface area contributed by atoms with E-state index in [-0.39, 0.29) is 0 Å². The van der Waals surface area contributed by atoms with Crippen molar-refractivity contribution in [1.82, 2.24) is 15.2 Å². The van der Waals surface area contributed by atoms with Crippen LogP contribution in [0.1, 0.15) is 0 Å². The summed E-state index contributed by atoms with van der Waals surface area (Å²) < 4.78 is 0. The van der Waals surface area contributed by atoms with Crippen molar-refractivity contribution in [3.63, 3.8) is 0 Å². The van der Waals surface area contributed by atoms with Gasteiger partial charge in [-0.3, -0.25) is 0 Å². The molecule has 0 atom stereocenters. The molecule has 0 N–H and O–H groups in total. The highest BCUT2D eigenvalue weighted by Gasteiger charge is 1.99. The fourth-order valence-electron chi connectivity index (χ4n) is 1.03. The molecule has 1 aromatic carbocycles. The molecule has 0 aliphatic carbocycles. The first kappa shape index (κ1) is 8.97. The van der Waals surface area contributed by atoms with Crippen LogP contribution in [0.25, 0.3) is 11.0 Å². The molecule has 1 aromatic heterocycles. The van der Waals surface area contributed by atoms with Gasteiger partial charge in [0, 0.05) is 0 Å². The van der Waals surface area contributed by atoms with Crippen molar-refractivity contribution in [1.29, 1.82) is 0 Å². The van der Waals surface area contributed by atoms with E-state index in [0.29, 0.717) is 10.9 Å². The van der Waals surface area contributed by atoms with E-state index >= 15 is 0 Å². The molecule has 3 nitrogen and oxygen atoms in total. The number of nitrogens with zero attached hydrogens (tertiary/aromatic N) is 3. The summed E-state index contributed by atoms with van der Waals surface area (Å²) in [6, 6.07) is 7.62. The molecule has 0 amide bonds. The maximum absolute atomic E-state index is 5.14. The Morgan fingerprint density at radius 1 is 1.21 bits per heavy atom. The van der Waals surface area contributed by atoms with Crippen molar-refractivity contribution < 1.29 is 0 Å². The van der Waals surface area contributed by atoms with E-state index in [9.17, 15) is 0 Å². The van der Waals surface area contributed by atoms with Crippen molar-refractivity contribution in [2.24, 2.45) is 0 Å². The van der Waals surface area contributed by atoms with Gasteiger partial charge in [-0.25, -0.2) is 4.98 Å². The van der Waals surface area contributed by atoms with Crippen LogP contribution in [0, 0.1) is 12.3 Å². The molecule has 0 unspecified atom stereocenters. The molecule has 0 saturated carbocycles. The van der Waals surface area contributed by atoms with Crippen molar-refractivity contribution in [3.05, 3.63) is 24.3 Å². The van der Waals surface area contributed by atoms with Crippen LogP contribution in [0.2, 0.25) is 0 Å². The van der Waals surface area contributed by atoms with Gasteiger partial charge in [-0.2, -0.15) is 0 Å². The van der Waals surface area contributed by atoms with E-state index in [1.807, 2.05) is 24.3 Å². The molecule has 2 aromatic rings. The molecule has 14 heavy (non-hydrogen) atoms. The van der Waals surface area contributed by atoms with Gasteiger partial charge >= 0.3 is 0 Å². The minimum absolute atomic E-state index is 0.569. The Bertz CT molecular complexity index is 490. The number of hydrogen-bond acceptors (Lipinski definition) is 4. The molecule has 0 aliphatic rings. The highest BCUT2D eigenvalue weighted by molar-refractivity contribution is 7.99. The number of hydrogen-bond donors (Lipinski definition) is 0. The minimum Gasteiger partial charge on any atom is -0.219 e. The molecule has 0 saturated heterocycles. The fourth-order valence-corrected chi connectivity index (χ4v) is 1.51. The summed E-state index contributed by atoms with van der Waals surface area (Å²) in [5.74, 6) is 3.09. The summed E-state index contributed by atoms with van der Waals surface area (Å²) in [5, 5.41) is 8.61. The number of benzene rings is 1. The van der Waals surface area contributed by atoms with Gasteiger partial charge in [-0.15, -0.1) is 16.6 Å². The van der Waals surface area contributed by atoms with Crippen LogP contribution in [-0.4, -0.2) is 20.9 Å². The average molecular weight is 201 g/mol. The third kappa shape index (κ3) is 1.83. The van der Waals surface area contributed by atoms with Crippen molar-refractivity contribution in [2.75, 3.05) is 5.75 Å². The quantitative estimate of drug-likeness (QED) is 0.548. The zero-order chi connectivity index (χ0) is 9.80. The smallest absolute Gasteiger partial charge is 0.210 e. The normalized spacial score (nSPS) is 9.93. The zero-order valence-electron chi connectivity index (χ0n) is 7.34. The Labute approximate surface area is 86.0 Å². The number of para-hydroxylation sites is 1. The summed E-state index contributed by atoms with van der Waals surface area (Å²) in [4.78, 5) is 4.31. The Morgan fingerprint density at radius 3 is 2.79 bits per heavy atom. The molecule has 0 spiro atoms. The summed E-state index contributed by atoms with van der Waals surface area (Å²) in [6.45, 7) is 0. The highest BCUT2D eigenvalue weighted by Crippen LogP contribution is 2.14. The Kier molecular flexibility index (Phi) is 2.61. The molecule has 4 heteroatoms. The Balaban J connectivity index is 2.37. The van der Waals surface area contributed by atoms with Gasteiger partial charge in [0.05, 0.1) is 11.3 Å². The number of terminal acetylenes is 1. The Hall–Kier alpha value is -1.60. The lowest BCUT2D eigenvalue weighted by Gasteiger charge is -1.97. The minimum atomic E-state index is 0.569. The molecule has 0 fully saturated rings. The Morgan fingerprint density at radius 2 is 2.00 bits per heavy atom. The van der Waals surface area contributed by atoms with Gasteiger partial charge in [-0.1, -0.05) is 29.8 Å². The summed E-state index contributed by atoms with van der Waals surface area (Å²) >= 11 is 1.41. The third-order valence-corrected chi connectivity index (χ3v) is 2.37. The maximum atomic E-state index is 5.14. The van der Waals surface area contributed by atoms with E-state index in [2.05, 4.69) is 21.1 Å². The van der Waals surface area contributed by atoms with Crippen LogP contribution in [0.5, 0.6) is 0 Å². The van der Waals surface area contributed by atoms with Gasteiger partial charge in [0.2, 0.25) is 5.16 Å². The lowest BCUT2D eigenvalue weighted by Crippen LogP contribution is -1.92. The monoisotopic (exact) mass is 201 g/mol. The lowest BCUT2D eigenvalue weighted by atomic mass is 10.3. The first-order valence-electron chi connectivity index (χ1n) is 4.06. The summed E-state index contributed by atoms with van der Waals surface area (Å²) in [7, 11) is 0. The number of rotatable bonds is 2. The largest absolute Gasteiger partial charge is 0.219 e. The second-order valence-corrected chi connectivity index (χ2v) is 3.52. The van der Waals surface area contributed by atoms with Crippen LogP contribution >= 0.6 is 11.8 Å². The van der Waals surface area contributed by atoms with E-state index < -0.39 is 0 Å². The molecule has 68 valence electrons. The van der Waals surface area contributed by atoms with E-state index in [1.54, 1.807) is 0 Å². The van der Waals surface area contributed by atoms with Crippen molar-refractivity contribution in [2.45, 2.75) is 5.16 Å². The predicted octanol–water partition coefficient (Wildman–Crippen LogP) is 1.75. The van der Waals surface area contributed by atoms with Gasteiger partial charge in [0.15, 0.2) is 0 Å². The lowest BCUT2D eigenvalue weighted by molar-refractivity contribution is 0.881. The van der Waals surface area contributed by atoms with Crippen LogP contribution in [0.3, 0.4) is 0 Å². The van der Waals surface area contributed by atoms with Crippen LogP contribution in [0.15, 0.2) is 29.4 Å². The first-order chi connectivity index (χ1) is 6.90. The predicted molar refractivity (Wildman–Crippen MR) is 56.9 cm³/mol. The molecule has 1 heterocycles. The van der Waals surface area contributed by atoms with E-state index in [4.69, 9.17) is 6.42 Å². The standard InChI is InChI=1S/C10H7N3S/c1-2-7-14-10-11-8-5-3-4-6-9(8)12-13-10/h1,3-6H,7H2. The van der Waals surface area contributed by atoms with Gasteiger partial charge in [0.25, 0.3) is 0 Å². The van der Waals surface area contributed by atoms with Crippen LogP contribution in [-0.2, 0) is 0 Å². The van der Waals surface area contributed by atoms with Gasteiger partial charge in [-0.05, 0) is 12.1 Å². The average Bonchev–Trinajstić information content (AvgIpc) is 2.26. The van der Waals surface area contributed by atoms with Gasteiger partial charge < -0.3 is 0 Å². The summed E-state index contributed by atoms with van der Waals surface area (Å²) in [5.41, 5.74) is 1.65. The molecule has 0 radical (unpaired) electrons. The summed E-state index contributed by atoms with van der Waals surface area (Å²) in [6.07, 6.45) is 5.14. The molecule has 0 bridgehead atoms. The first-order valence-corrected chi connectivity index (χ1v) is 5.04. The molecular weight excluding hydrogens is 194 g/mol. The van der Waals surface area contributed by atoms with Crippen molar-refractivity contribution in [3.8, 4) is 12.3 Å². The fraction of sp³-hybridized carbons (Fsp3) is 0.100. The number of fused-ring (bicyclic) bond motifs is 1. The molecule has 2 rings (SSSR count). The van der Waals surface area contributed by atoms with Crippen LogP contribution < -0.4 is 0 Å². The highest BCUT2D eigenvalue weighted by atomic mass is 32.2. The third-order valence-electron chi connectivity index (χ3n) is 1.63. The molecular formula is C10H7N3S. The van der Waals surface area contributed by atoms with Crippen molar-refractivity contribution >= 4 is 22.8 Å². The molecule has 0 aliphatic heterocycles. The van der Waals surface area contributed by atoms with E-state index in [0.717, 1.165) is 11.0 Å². The maximum Gasteiger partial charge on any atom is 0.210 e. The SMILES string of the molecule is C#CCSc1nnc2ccccc2n1. The number of thioether (sulfide) groups is 1.